The summed E-state index contributed by atoms with van der Waals surface area (Å²) in [5, 5.41) is 6.07. The number of anilines is 1. The van der Waals surface area contributed by atoms with Gasteiger partial charge in [0, 0.05) is 19.6 Å². The van der Waals surface area contributed by atoms with Crippen LogP contribution in [0.3, 0.4) is 0 Å². The number of hydrogen-bond acceptors (Lipinski definition) is 5. The number of nitrogens with one attached hydrogen (secondary N) is 2. The zero-order valence-electron chi connectivity index (χ0n) is 12.2. The Morgan fingerprint density at radius 2 is 2.30 bits per heavy atom. The number of likely N-dealkylation sites (tertiary alicyclic amines) is 1. The molecule has 1 aliphatic rings. The molecule has 0 bridgehead atoms. The summed E-state index contributed by atoms with van der Waals surface area (Å²) in [7, 11) is 2.11. The van der Waals surface area contributed by atoms with Gasteiger partial charge < -0.3 is 15.5 Å². The lowest BCUT2D eigenvalue weighted by Crippen LogP contribution is -2.31. The highest BCUT2D eigenvalue weighted by atomic mass is 16.1. The molecule has 1 saturated heterocycles. The van der Waals surface area contributed by atoms with Crippen LogP contribution in [0.15, 0.2) is 12.4 Å². The predicted octanol–water partition coefficient (Wildman–Crippen LogP) is 0.980. The molecular weight excluding hydrogens is 254 g/mol. The Bertz CT molecular complexity index is 434. The number of carbonyl (C=O) groups is 1. The van der Waals surface area contributed by atoms with Gasteiger partial charge >= 0.3 is 0 Å². The fourth-order valence-electron chi connectivity index (χ4n) is 2.31. The van der Waals surface area contributed by atoms with Crippen LogP contribution in [0.5, 0.6) is 0 Å². The van der Waals surface area contributed by atoms with Crippen molar-refractivity contribution in [2.45, 2.75) is 19.8 Å². The standard InChI is InChI=1S/C14H23N5O/c1-3-5-15-13-9-16-12(8-17-13)14(20)18-7-11-4-6-19(2)10-11/h8-9,11H,3-7,10H2,1-2H3,(H,15,17)(H,18,20). The van der Waals surface area contributed by atoms with Crippen LogP contribution in [0.1, 0.15) is 30.3 Å². The van der Waals surface area contributed by atoms with Crippen LogP contribution in [0.25, 0.3) is 0 Å². The molecule has 20 heavy (non-hydrogen) atoms. The van der Waals surface area contributed by atoms with Gasteiger partial charge in [0.1, 0.15) is 11.5 Å². The van der Waals surface area contributed by atoms with Gasteiger partial charge in [0.15, 0.2) is 0 Å². The molecule has 0 radical (unpaired) electrons. The lowest BCUT2D eigenvalue weighted by molar-refractivity contribution is 0.0942. The minimum atomic E-state index is -0.144. The lowest BCUT2D eigenvalue weighted by Gasteiger charge is -2.11. The summed E-state index contributed by atoms with van der Waals surface area (Å²) >= 11 is 0. The molecule has 2 N–H and O–H groups in total. The molecule has 1 aliphatic heterocycles. The molecule has 0 spiro atoms. The largest absolute Gasteiger partial charge is 0.369 e. The van der Waals surface area contributed by atoms with Gasteiger partial charge in [0.2, 0.25) is 0 Å². The normalized spacial score (nSPS) is 19.0. The second-order valence-electron chi connectivity index (χ2n) is 5.34. The maximum atomic E-state index is 12.0. The summed E-state index contributed by atoms with van der Waals surface area (Å²) in [6.07, 6.45) is 5.30. The average molecular weight is 277 g/mol. The number of carbonyl (C=O) groups excluding carboxylic acids is 1. The molecule has 110 valence electrons. The van der Waals surface area contributed by atoms with Gasteiger partial charge in [-0.15, -0.1) is 0 Å². The zero-order valence-corrected chi connectivity index (χ0v) is 12.2. The van der Waals surface area contributed by atoms with Crippen molar-refractivity contribution >= 4 is 11.7 Å². The van der Waals surface area contributed by atoms with E-state index in [0.29, 0.717) is 24.0 Å². The van der Waals surface area contributed by atoms with E-state index in [1.165, 1.54) is 6.20 Å². The number of aromatic nitrogens is 2. The number of hydrogen-bond donors (Lipinski definition) is 2. The summed E-state index contributed by atoms with van der Waals surface area (Å²) in [5.41, 5.74) is 0.374. The third kappa shape index (κ3) is 4.16. The molecule has 1 unspecified atom stereocenters. The maximum Gasteiger partial charge on any atom is 0.271 e. The van der Waals surface area contributed by atoms with E-state index in [-0.39, 0.29) is 5.91 Å². The third-order valence-corrected chi connectivity index (χ3v) is 3.48. The molecule has 0 saturated carbocycles. The second-order valence-corrected chi connectivity index (χ2v) is 5.34. The van der Waals surface area contributed by atoms with Crippen LogP contribution in [0.4, 0.5) is 5.82 Å². The molecule has 0 aliphatic carbocycles. The predicted molar refractivity (Wildman–Crippen MR) is 78.7 cm³/mol. The fourth-order valence-corrected chi connectivity index (χ4v) is 2.31. The minimum absolute atomic E-state index is 0.144. The molecule has 6 nitrogen and oxygen atoms in total. The Labute approximate surface area is 120 Å². The smallest absolute Gasteiger partial charge is 0.271 e. The first kappa shape index (κ1) is 14.7. The Morgan fingerprint density at radius 3 is 2.90 bits per heavy atom. The number of amides is 1. The first-order valence-corrected chi connectivity index (χ1v) is 7.21. The summed E-state index contributed by atoms with van der Waals surface area (Å²) in [5.74, 6) is 1.11. The van der Waals surface area contributed by atoms with Gasteiger partial charge in [-0.1, -0.05) is 6.92 Å². The van der Waals surface area contributed by atoms with Crippen LogP contribution in [0.2, 0.25) is 0 Å². The molecule has 1 amide bonds. The summed E-state index contributed by atoms with van der Waals surface area (Å²) in [4.78, 5) is 22.6. The van der Waals surface area contributed by atoms with Crippen molar-refractivity contribution in [3.05, 3.63) is 18.1 Å². The summed E-state index contributed by atoms with van der Waals surface area (Å²) < 4.78 is 0. The van der Waals surface area contributed by atoms with E-state index in [1.54, 1.807) is 6.20 Å². The van der Waals surface area contributed by atoms with Gasteiger partial charge in [0.25, 0.3) is 5.91 Å². The van der Waals surface area contributed by atoms with Crippen molar-refractivity contribution in [2.24, 2.45) is 5.92 Å². The van der Waals surface area contributed by atoms with Crippen molar-refractivity contribution in [3.8, 4) is 0 Å². The molecular formula is C14H23N5O. The van der Waals surface area contributed by atoms with Gasteiger partial charge in [-0.25, -0.2) is 9.97 Å². The Morgan fingerprint density at radius 1 is 1.45 bits per heavy atom. The van der Waals surface area contributed by atoms with Crippen LogP contribution in [0, 0.1) is 5.92 Å². The first-order chi connectivity index (χ1) is 9.69. The number of nitrogens with zero attached hydrogens (tertiary/aromatic N) is 3. The van der Waals surface area contributed by atoms with E-state index in [4.69, 9.17) is 0 Å². The van der Waals surface area contributed by atoms with Crippen molar-refractivity contribution in [1.29, 1.82) is 0 Å². The van der Waals surface area contributed by atoms with Crippen molar-refractivity contribution in [1.82, 2.24) is 20.2 Å². The van der Waals surface area contributed by atoms with Crippen LogP contribution >= 0.6 is 0 Å². The summed E-state index contributed by atoms with van der Waals surface area (Å²) in [6.45, 7) is 5.81. The van der Waals surface area contributed by atoms with Gasteiger partial charge in [0.05, 0.1) is 12.4 Å². The Hall–Kier alpha value is -1.69. The minimum Gasteiger partial charge on any atom is -0.369 e. The van der Waals surface area contributed by atoms with Crippen molar-refractivity contribution < 1.29 is 4.79 Å². The molecule has 1 aromatic rings. The van der Waals surface area contributed by atoms with E-state index in [1.807, 2.05) is 0 Å². The molecule has 0 aromatic carbocycles. The van der Waals surface area contributed by atoms with Crippen LogP contribution in [-0.4, -0.2) is 54.0 Å². The Kier molecular flexibility index (Phi) is 5.29. The highest BCUT2D eigenvalue weighted by molar-refractivity contribution is 5.91. The monoisotopic (exact) mass is 277 g/mol. The van der Waals surface area contributed by atoms with E-state index >= 15 is 0 Å². The van der Waals surface area contributed by atoms with Gasteiger partial charge in [-0.3, -0.25) is 4.79 Å². The maximum absolute atomic E-state index is 12.0. The van der Waals surface area contributed by atoms with Crippen molar-refractivity contribution in [2.75, 3.05) is 38.5 Å². The highest BCUT2D eigenvalue weighted by Crippen LogP contribution is 2.13. The van der Waals surface area contributed by atoms with E-state index in [2.05, 4.69) is 39.5 Å². The lowest BCUT2D eigenvalue weighted by atomic mass is 10.1. The molecule has 2 rings (SSSR count). The molecule has 1 aromatic heterocycles. The van der Waals surface area contributed by atoms with E-state index in [0.717, 1.165) is 32.5 Å². The quantitative estimate of drug-likeness (QED) is 0.811. The molecule has 1 atom stereocenters. The van der Waals surface area contributed by atoms with E-state index < -0.39 is 0 Å². The average Bonchev–Trinajstić information content (AvgIpc) is 2.89. The molecule has 2 heterocycles. The fraction of sp³-hybridized carbons (Fsp3) is 0.643. The summed E-state index contributed by atoms with van der Waals surface area (Å²) in [6, 6.07) is 0. The van der Waals surface area contributed by atoms with E-state index in [9.17, 15) is 4.79 Å². The SMILES string of the molecule is CCCNc1cnc(C(=O)NCC2CCN(C)C2)cn1. The van der Waals surface area contributed by atoms with Gasteiger partial charge in [-0.05, 0) is 32.4 Å². The van der Waals surface area contributed by atoms with Crippen LogP contribution in [-0.2, 0) is 0 Å². The van der Waals surface area contributed by atoms with Gasteiger partial charge in [-0.2, -0.15) is 0 Å². The number of rotatable bonds is 6. The van der Waals surface area contributed by atoms with Crippen molar-refractivity contribution in [3.63, 3.8) is 0 Å². The molecule has 6 heteroatoms. The first-order valence-electron chi connectivity index (χ1n) is 7.21. The second kappa shape index (κ2) is 7.19. The molecule has 1 fully saturated rings. The highest BCUT2D eigenvalue weighted by Gasteiger charge is 2.20. The third-order valence-electron chi connectivity index (χ3n) is 3.48. The topological polar surface area (TPSA) is 70.2 Å². The zero-order chi connectivity index (χ0) is 14.4. The Balaban J connectivity index is 1.80. The van der Waals surface area contributed by atoms with Crippen LogP contribution < -0.4 is 10.6 Å².